The molecule has 12 aromatic carbocycles. The van der Waals surface area contributed by atoms with Gasteiger partial charge in [0.2, 0.25) is 0 Å². The zero-order valence-corrected chi connectivity index (χ0v) is 56.9. The van der Waals surface area contributed by atoms with E-state index in [9.17, 15) is 0 Å². The van der Waals surface area contributed by atoms with Crippen molar-refractivity contribution in [3.8, 4) is 22.5 Å². The molecule has 0 aliphatic rings. The third kappa shape index (κ3) is 7.33. The first-order valence-corrected chi connectivity index (χ1v) is 35.1. The lowest BCUT2D eigenvalue weighted by atomic mass is 9.85. The summed E-state index contributed by atoms with van der Waals surface area (Å²) in [5.74, 6) is 0. The maximum absolute atomic E-state index is 2.65. The fourth-order valence-electron chi connectivity index (χ4n) is 16.6. The molecule has 0 N–H and O–H groups in total. The average molecular weight is 1250 g/mol. The van der Waals surface area contributed by atoms with E-state index in [4.69, 9.17) is 0 Å². The second kappa shape index (κ2) is 18.1. The van der Waals surface area contributed by atoms with Gasteiger partial charge in [-0.1, -0.05) is 174 Å². The number of hydrogen-bond donors (Lipinski definition) is 0. The van der Waals surface area contributed by atoms with Gasteiger partial charge in [-0.15, -0.1) is 22.7 Å². The van der Waals surface area contributed by atoms with Crippen molar-refractivity contribution in [2.24, 2.45) is 0 Å². The number of nitrogens with zero attached hydrogens (tertiary/aromatic N) is 4. The highest BCUT2D eigenvalue weighted by molar-refractivity contribution is 7.27. The molecule has 0 saturated carbocycles. The van der Waals surface area contributed by atoms with Crippen molar-refractivity contribution in [1.29, 1.82) is 0 Å². The summed E-state index contributed by atoms with van der Waals surface area (Å²) in [5.41, 5.74) is 22.7. The van der Waals surface area contributed by atoms with Crippen molar-refractivity contribution in [2.75, 3.05) is 0 Å². The Bertz CT molecular complexity index is 6590. The highest BCUT2D eigenvalue weighted by Crippen LogP contribution is 2.53. The first-order valence-electron chi connectivity index (χ1n) is 33.5. The van der Waals surface area contributed by atoms with Crippen molar-refractivity contribution >= 4 is 183 Å². The molecule has 8 aromatic heterocycles. The van der Waals surface area contributed by atoms with Crippen LogP contribution in [0.4, 0.5) is 0 Å². The van der Waals surface area contributed by atoms with E-state index >= 15 is 0 Å². The number of fused-ring (bicyclic) bond motifs is 26. The molecule has 0 radical (unpaired) electrons. The van der Waals surface area contributed by atoms with Gasteiger partial charge in [0.1, 0.15) is 0 Å². The molecule has 0 atom stereocenters. The van der Waals surface area contributed by atoms with Crippen LogP contribution in [-0.4, -0.2) is 17.9 Å². The minimum atomic E-state index is 0.00922. The first-order chi connectivity index (χ1) is 45.1. The quantitative estimate of drug-likeness (QED) is 0.168. The summed E-state index contributed by atoms with van der Waals surface area (Å²) in [7, 11) is 0. The zero-order chi connectivity index (χ0) is 63.7. The van der Waals surface area contributed by atoms with Gasteiger partial charge in [0, 0.05) is 116 Å². The lowest BCUT2D eigenvalue weighted by molar-refractivity contribution is 0.590. The van der Waals surface area contributed by atoms with Gasteiger partial charge in [0.25, 0.3) is 0 Å². The van der Waals surface area contributed by atoms with Crippen LogP contribution >= 0.6 is 22.7 Å². The largest absolute Gasteiger partial charge is 0.309 e. The third-order valence-corrected chi connectivity index (χ3v) is 24.0. The standard InChI is InChI=1S/C88H70N4S2/c1-85(2,3)49-24-33-69-59(38-49)60-39-50(86(4,5)6)25-34-70(60)89(69)53-28-21-47(22-29-53)48-23-31-57-73(37-48)91-75-45-64-66-44-68-56-18-14-16-20-78(56)94-84(68)80-58-32-30-54(90-71-35-26-51(87(7,8)9)40-61(71)62-41-52(88(10,11)12)27-36-72(62)90)42-74(58)92(82(66)80)76(64)46-63(75)65-43-67-55-17-13-15-19-77(55)93-83(67)79(57)81(65)91/h13-46H,1-12H3. The highest BCUT2D eigenvalue weighted by atomic mass is 32.1. The summed E-state index contributed by atoms with van der Waals surface area (Å²) in [4.78, 5) is 0. The van der Waals surface area contributed by atoms with E-state index in [1.54, 1.807) is 0 Å². The molecule has 0 spiro atoms. The van der Waals surface area contributed by atoms with Crippen LogP contribution in [-0.2, 0) is 21.7 Å². The Labute approximate surface area is 552 Å². The van der Waals surface area contributed by atoms with E-state index in [2.05, 4.69) is 307 Å². The molecule has 0 bridgehead atoms. The maximum atomic E-state index is 2.65. The predicted molar refractivity (Wildman–Crippen MR) is 410 cm³/mol. The molecule has 6 heteroatoms. The topological polar surface area (TPSA) is 18.7 Å². The normalized spacial score (nSPS) is 13.5. The van der Waals surface area contributed by atoms with E-state index < -0.39 is 0 Å². The number of thiophene rings is 2. The highest BCUT2D eigenvalue weighted by Gasteiger charge is 2.30. The fraction of sp³-hybridized carbons (Fsp3) is 0.182. The fourth-order valence-corrected chi connectivity index (χ4v) is 19.1. The van der Waals surface area contributed by atoms with Crippen LogP contribution in [0.2, 0.25) is 0 Å². The summed E-state index contributed by atoms with van der Waals surface area (Å²) in [6.45, 7) is 27.9. The Hall–Kier alpha value is -9.72. The van der Waals surface area contributed by atoms with E-state index in [1.807, 2.05) is 22.7 Å². The summed E-state index contributed by atoms with van der Waals surface area (Å²) < 4.78 is 15.7. The number of aromatic nitrogens is 4. The van der Waals surface area contributed by atoms with Gasteiger partial charge in [-0.2, -0.15) is 0 Å². The molecule has 8 heterocycles. The Morgan fingerprint density at radius 1 is 0.245 bits per heavy atom. The minimum absolute atomic E-state index is 0.00922. The minimum Gasteiger partial charge on any atom is -0.309 e. The molecule has 94 heavy (non-hydrogen) atoms. The van der Waals surface area contributed by atoms with Crippen molar-refractivity contribution in [3.05, 3.63) is 229 Å². The van der Waals surface area contributed by atoms with E-state index in [-0.39, 0.29) is 21.7 Å². The molecule has 20 aromatic rings. The lowest BCUT2D eigenvalue weighted by Gasteiger charge is -2.19. The van der Waals surface area contributed by atoms with Crippen LogP contribution in [0.15, 0.2) is 206 Å². The molecule has 0 aliphatic heterocycles. The summed E-state index contributed by atoms with van der Waals surface area (Å²) in [6, 6.07) is 80.9. The molecule has 0 saturated heterocycles. The van der Waals surface area contributed by atoms with E-state index in [0.717, 1.165) is 5.69 Å². The lowest BCUT2D eigenvalue weighted by Crippen LogP contribution is -2.10. The van der Waals surface area contributed by atoms with Crippen LogP contribution in [0, 0.1) is 0 Å². The molecule has 0 unspecified atom stereocenters. The molecule has 454 valence electrons. The molecule has 0 aliphatic carbocycles. The van der Waals surface area contributed by atoms with Gasteiger partial charge in [0.15, 0.2) is 0 Å². The molecule has 0 amide bonds. The van der Waals surface area contributed by atoms with Gasteiger partial charge in [0.05, 0.1) is 55.2 Å². The maximum Gasteiger partial charge on any atom is 0.0635 e. The second-order valence-corrected chi connectivity index (χ2v) is 33.5. The number of hydrogen-bond acceptors (Lipinski definition) is 2. The molecule has 20 rings (SSSR count). The second-order valence-electron chi connectivity index (χ2n) is 31.4. The summed E-state index contributed by atoms with van der Waals surface area (Å²) >= 11 is 3.88. The van der Waals surface area contributed by atoms with Gasteiger partial charge in [-0.25, -0.2) is 0 Å². The monoisotopic (exact) mass is 1250 g/mol. The van der Waals surface area contributed by atoms with Crippen LogP contribution in [0.25, 0.3) is 183 Å². The van der Waals surface area contributed by atoms with Gasteiger partial charge >= 0.3 is 0 Å². The van der Waals surface area contributed by atoms with Crippen molar-refractivity contribution < 1.29 is 0 Å². The van der Waals surface area contributed by atoms with Gasteiger partial charge in [-0.05, 0) is 170 Å². The molecular weight excluding hydrogens is 1180 g/mol. The first kappa shape index (κ1) is 54.8. The van der Waals surface area contributed by atoms with Crippen LogP contribution in [0.3, 0.4) is 0 Å². The van der Waals surface area contributed by atoms with E-state index in [0.29, 0.717) is 0 Å². The Balaban J connectivity index is 0.840. The SMILES string of the molecule is CC(C)(C)c1ccc2c(c1)c1cc(C(C)(C)C)ccc1n2-c1ccc(-c2ccc3c4c5sc6ccccc6c5cc5c6cc7c(cc6n(c3c2)c54)c2cc3c4ccccc4sc3c3c4ccc(-n5c6ccc(C(C)(C)C)cc6c6cc(C(C)(C)C)ccc65)cc4n7c23)cc1. The predicted octanol–water partition coefficient (Wildman–Crippen LogP) is 25.8. The smallest absolute Gasteiger partial charge is 0.0635 e. The molecule has 4 nitrogen and oxygen atoms in total. The summed E-state index contributed by atoms with van der Waals surface area (Å²) in [5, 5.41) is 20.9. The van der Waals surface area contributed by atoms with Crippen molar-refractivity contribution in [2.45, 2.75) is 105 Å². The van der Waals surface area contributed by atoms with Gasteiger partial charge in [-0.3, -0.25) is 0 Å². The van der Waals surface area contributed by atoms with Crippen molar-refractivity contribution in [1.82, 2.24) is 17.9 Å². The summed E-state index contributed by atoms with van der Waals surface area (Å²) in [6.07, 6.45) is 0. The van der Waals surface area contributed by atoms with Crippen LogP contribution in [0.1, 0.15) is 105 Å². The average Bonchev–Trinajstić information content (AvgIpc) is 1.51. The molecule has 0 fully saturated rings. The zero-order valence-electron chi connectivity index (χ0n) is 55.2. The van der Waals surface area contributed by atoms with Crippen LogP contribution in [0.5, 0.6) is 0 Å². The Morgan fingerprint density at radius 3 is 1.02 bits per heavy atom. The van der Waals surface area contributed by atoms with E-state index in [1.165, 1.54) is 199 Å². The number of benzene rings is 12. The Kier molecular flexibility index (Phi) is 10.6. The Morgan fingerprint density at radius 2 is 0.596 bits per heavy atom. The molecular formula is C88H70N4S2. The van der Waals surface area contributed by atoms with Gasteiger partial charge < -0.3 is 17.9 Å². The number of rotatable bonds is 3. The third-order valence-electron chi connectivity index (χ3n) is 21.6. The van der Waals surface area contributed by atoms with Crippen LogP contribution < -0.4 is 0 Å². The van der Waals surface area contributed by atoms with Crippen molar-refractivity contribution in [3.63, 3.8) is 0 Å².